The Kier molecular flexibility index (Phi) is 5.83. The lowest BCUT2D eigenvalue weighted by molar-refractivity contribution is 0.255. The number of ether oxygens (including phenoxy) is 1. The van der Waals surface area contributed by atoms with Gasteiger partial charge in [-0.2, -0.15) is 0 Å². The first-order valence-electron chi connectivity index (χ1n) is 8.68. The average molecular weight is 325 g/mol. The molecular weight excluding hydrogens is 298 g/mol. The van der Waals surface area contributed by atoms with E-state index in [2.05, 4.69) is 47.1 Å². The average Bonchev–Trinajstić information content (AvgIpc) is 3.00. The summed E-state index contributed by atoms with van der Waals surface area (Å²) in [7, 11) is 4.41. The van der Waals surface area contributed by atoms with E-state index < -0.39 is 0 Å². The first-order chi connectivity index (χ1) is 11.7. The molecule has 1 atom stereocenters. The third-order valence-electron chi connectivity index (χ3n) is 4.57. The molecule has 1 saturated heterocycles. The molecule has 24 heavy (non-hydrogen) atoms. The molecule has 1 unspecified atom stereocenters. The Balaban J connectivity index is 1.57. The smallest absolute Gasteiger partial charge is 0.130 e. The number of nitrogens with zero attached hydrogens (tertiary/aromatic N) is 3. The largest absolute Gasteiger partial charge is 0.487 e. The van der Waals surface area contributed by atoms with E-state index in [0.29, 0.717) is 6.61 Å². The number of aromatic nitrogens is 1. The van der Waals surface area contributed by atoms with Crippen LogP contribution in [0.15, 0.2) is 48.7 Å². The van der Waals surface area contributed by atoms with E-state index >= 15 is 0 Å². The van der Waals surface area contributed by atoms with Gasteiger partial charge in [0.05, 0.1) is 5.69 Å². The second-order valence-electron chi connectivity index (χ2n) is 6.83. The van der Waals surface area contributed by atoms with E-state index in [4.69, 9.17) is 4.74 Å². The monoisotopic (exact) mass is 325 g/mol. The Morgan fingerprint density at radius 3 is 2.79 bits per heavy atom. The molecule has 0 spiro atoms. The normalized spacial score (nSPS) is 18.2. The number of likely N-dealkylation sites (tertiary alicyclic amines) is 1. The zero-order chi connectivity index (χ0) is 16.8. The van der Waals surface area contributed by atoms with Crippen LogP contribution in [0.4, 0.5) is 0 Å². The van der Waals surface area contributed by atoms with Gasteiger partial charge in [-0.3, -0.25) is 4.98 Å². The van der Waals surface area contributed by atoms with Crippen LogP contribution >= 0.6 is 0 Å². The van der Waals surface area contributed by atoms with Crippen molar-refractivity contribution in [1.82, 2.24) is 14.8 Å². The Hall–Kier alpha value is -1.91. The lowest BCUT2D eigenvalue weighted by Gasteiger charge is -2.22. The third-order valence-corrected chi connectivity index (χ3v) is 4.57. The van der Waals surface area contributed by atoms with Crippen molar-refractivity contribution in [2.45, 2.75) is 19.6 Å². The fourth-order valence-corrected chi connectivity index (χ4v) is 3.38. The molecule has 0 radical (unpaired) electrons. The molecule has 4 nitrogen and oxygen atoms in total. The standard InChI is InChI=1S/C20H27N3O/c1-22-12-10-17(13-22)14-23(2)15-18-7-3-4-9-20(18)24-16-19-8-5-6-11-21-19/h3-9,11,17H,10,12-16H2,1-2H3. The fourth-order valence-electron chi connectivity index (χ4n) is 3.38. The molecule has 128 valence electrons. The highest BCUT2D eigenvalue weighted by Gasteiger charge is 2.21. The van der Waals surface area contributed by atoms with Crippen molar-refractivity contribution in [2.24, 2.45) is 5.92 Å². The van der Waals surface area contributed by atoms with Crippen molar-refractivity contribution < 1.29 is 4.74 Å². The van der Waals surface area contributed by atoms with Crippen molar-refractivity contribution in [3.8, 4) is 5.75 Å². The van der Waals surface area contributed by atoms with Gasteiger partial charge < -0.3 is 14.5 Å². The van der Waals surface area contributed by atoms with Crippen LogP contribution in [0.25, 0.3) is 0 Å². The molecule has 1 aromatic heterocycles. The van der Waals surface area contributed by atoms with Crippen molar-refractivity contribution >= 4 is 0 Å². The molecule has 0 N–H and O–H groups in total. The quantitative estimate of drug-likeness (QED) is 0.782. The van der Waals surface area contributed by atoms with Gasteiger partial charge in [-0.25, -0.2) is 0 Å². The van der Waals surface area contributed by atoms with Gasteiger partial charge in [0.2, 0.25) is 0 Å². The molecule has 0 aliphatic carbocycles. The van der Waals surface area contributed by atoms with Gasteiger partial charge in [-0.05, 0) is 51.2 Å². The molecule has 1 aliphatic heterocycles. The Labute approximate surface area is 145 Å². The summed E-state index contributed by atoms with van der Waals surface area (Å²) in [6.45, 7) is 5.00. The summed E-state index contributed by atoms with van der Waals surface area (Å²) in [6.07, 6.45) is 3.11. The highest BCUT2D eigenvalue weighted by atomic mass is 16.5. The Bertz CT molecular complexity index is 632. The summed E-state index contributed by atoms with van der Waals surface area (Å²) in [4.78, 5) is 9.15. The van der Waals surface area contributed by atoms with Crippen LogP contribution in [-0.2, 0) is 13.2 Å². The topological polar surface area (TPSA) is 28.6 Å². The molecule has 2 aromatic rings. The van der Waals surface area contributed by atoms with Gasteiger partial charge in [0.1, 0.15) is 12.4 Å². The second kappa shape index (κ2) is 8.27. The zero-order valence-corrected chi connectivity index (χ0v) is 14.7. The summed E-state index contributed by atoms with van der Waals surface area (Å²) in [5, 5.41) is 0. The summed E-state index contributed by atoms with van der Waals surface area (Å²) < 4.78 is 6.01. The number of hydrogen-bond acceptors (Lipinski definition) is 4. The molecule has 1 aliphatic rings. The molecule has 1 fully saturated rings. The van der Waals surface area contributed by atoms with Crippen LogP contribution in [0.3, 0.4) is 0 Å². The van der Waals surface area contributed by atoms with Crippen molar-refractivity contribution in [3.05, 3.63) is 59.9 Å². The fraction of sp³-hybridized carbons (Fsp3) is 0.450. The highest BCUT2D eigenvalue weighted by molar-refractivity contribution is 5.33. The van der Waals surface area contributed by atoms with E-state index in [0.717, 1.165) is 30.5 Å². The van der Waals surface area contributed by atoms with Gasteiger partial charge in [0.25, 0.3) is 0 Å². The van der Waals surface area contributed by atoms with E-state index in [1.54, 1.807) is 6.20 Å². The van der Waals surface area contributed by atoms with Gasteiger partial charge in [0.15, 0.2) is 0 Å². The number of para-hydroxylation sites is 1. The van der Waals surface area contributed by atoms with Crippen LogP contribution < -0.4 is 4.74 Å². The number of benzene rings is 1. The Morgan fingerprint density at radius 2 is 2.04 bits per heavy atom. The molecule has 0 saturated carbocycles. The van der Waals surface area contributed by atoms with E-state index in [1.807, 2.05) is 24.3 Å². The molecule has 4 heteroatoms. The summed E-state index contributed by atoms with van der Waals surface area (Å²) in [6, 6.07) is 14.2. The van der Waals surface area contributed by atoms with Crippen LogP contribution in [0, 0.1) is 5.92 Å². The van der Waals surface area contributed by atoms with E-state index in [9.17, 15) is 0 Å². The highest BCUT2D eigenvalue weighted by Crippen LogP contribution is 2.22. The maximum absolute atomic E-state index is 6.01. The van der Waals surface area contributed by atoms with Gasteiger partial charge >= 0.3 is 0 Å². The van der Waals surface area contributed by atoms with Gasteiger partial charge in [-0.1, -0.05) is 24.3 Å². The molecule has 0 amide bonds. The maximum Gasteiger partial charge on any atom is 0.130 e. The van der Waals surface area contributed by atoms with Crippen LogP contribution in [0.5, 0.6) is 5.75 Å². The lowest BCUT2D eigenvalue weighted by Crippen LogP contribution is -2.27. The summed E-state index contributed by atoms with van der Waals surface area (Å²) >= 11 is 0. The van der Waals surface area contributed by atoms with Gasteiger partial charge in [-0.15, -0.1) is 0 Å². The molecular formula is C20H27N3O. The lowest BCUT2D eigenvalue weighted by atomic mass is 10.1. The molecule has 2 heterocycles. The summed E-state index contributed by atoms with van der Waals surface area (Å²) in [5.74, 6) is 1.74. The molecule has 3 rings (SSSR count). The predicted molar refractivity (Wildman–Crippen MR) is 96.9 cm³/mol. The maximum atomic E-state index is 6.01. The minimum absolute atomic E-state index is 0.509. The van der Waals surface area contributed by atoms with Crippen LogP contribution in [0.1, 0.15) is 17.7 Å². The number of rotatable bonds is 7. The Morgan fingerprint density at radius 1 is 1.21 bits per heavy atom. The van der Waals surface area contributed by atoms with E-state index in [1.165, 1.54) is 25.1 Å². The predicted octanol–water partition coefficient (Wildman–Crippen LogP) is 3.04. The van der Waals surface area contributed by atoms with Crippen LogP contribution in [-0.4, -0.2) is 48.5 Å². The minimum atomic E-state index is 0.509. The summed E-state index contributed by atoms with van der Waals surface area (Å²) in [5.41, 5.74) is 2.19. The first-order valence-corrected chi connectivity index (χ1v) is 8.68. The molecule has 1 aromatic carbocycles. The molecule has 0 bridgehead atoms. The van der Waals surface area contributed by atoms with Gasteiger partial charge in [0, 0.05) is 31.4 Å². The second-order valence-corrected chi connectivity index (χ2v) is 6.83. The zero-order valence-electron chi connectivity index (χ0n) is 14.7. The van der Waals surface area contributed by atoms with E-state index in [-0.39, 0.29) is 0 Å². The number of pyridine rings is 1. The minimum Gasteiger partial charge on any atom is -0.487 e. The number of hydrogen-bond donors (Lipinski definition) is 0. The third kappa shape index (κ3) is 4.79. The van der Waals surface area contributed by atoms with Crippen LogP contribution in [0.2, 0.25) is 0 Å². The SMILES string of the molecule is CN1CCC(CN(C)Cc2ccccc2OCc2ccccn2)C1. The van der Waals surface area contributed by atoms with Crippen molar-refractivity contribution in [3.63, 3.8) is 0 Å². The first kappa shape index (κ1) is 16.9. The van der Waals surface area contributed by atoms with Crippen molar-refractivity contribution in [2.75, 3.05) is 33.7 Å². The van der Waals surface area contributed by atoms with Crippen molar-refractivity contribution in [1.29, 1.82) is 0 Å².